The molecular formula is C17H19N3O5. The van der Waals surface area contributed by atoms with Crippen LogP contribution in [-0.2, 0) is 14.3 Å². The van der Waals surface area contributed by atoms with Crippen LogP contribution in [0, 0.1) is 11.3 Å². The van der Waals surface area contributed by atoms with Crippen molar-refractivity contribution in [1.29, 1.82) is 5.26 Å². The first-order valence-corrected chi connectivity index (χ1v) is 8.11. The molecule has 25 heavy (non-hydrogen) atoms. The zero-order chi connectivity index (χ0) is 17.6. The summed E-state index contributed by atoms with van der Waals surface area (Å²) in [5.74, 6) is 0.357. The van der Waals surface area contributed by atoms with E-state index in [9.17, 15) is 9.59 Å². The molecule has 8 heteroatoms. The van der Waals surface area contributed by atoms with Crippen molar-refractivity contribution >= 4 is 12.0 Å². The molecule has 8 nitrogen and oxygen atoms in total. The highest BCUT2D eigenvalue weighted by atomic mass is 16.6. The van der Waals surface area contributed by atoms with E-state index < -0.39 is 6.09 Å². The second-order valence-electron chi connectivity index (χ2n) is 5.87. The van der Waals surface area contributed by atoms with E-state index in [1.807, 2.05) is 0 Å². The van der Waals surface area contributed by atoms with Crippen LogP contribution in [0.5, 0.6) is 5.75 Å². The monoisotopic (exact) mass is 345 g/mol. The molecule has 1 aromatic carbocycles. The second-order valence-corrected chi connectivity index (χ2v) is 5.87. The van der Waals surface area contributed by atoms with Gasteiger partial charge in [0.05, 0.1) is 37.4 Å². The lowest BCUT2D eigenvalue weighted by atomic mass is 10.1. The molecule has 3 rings (SSSR count). The molecule has 132 valence electrons. The summed E-state index contributed by atoms with van der Waals surface area (Å²) in [6.07, 6.45) is -0.0759. The van der Waals surface area contributed by atoms with Crippen LogP contribution in [0.25, 0.3) is 0 Å². The molecule has 2 aliphatic heterocycles. The molecule has 2 atom stereocenters. The van der Waals surface area contributed by atoms with Crippen molar-refractivity contribution in [1.82, 2.24) is 10.2 Å². The lowest BCUT2D eigenvalue weighted by molar-refractivity contribution is -0.124. The third kappa shape index (κ3) is 4.39. The first kappa shape index (κ1) is 17.0. The van der Waals surface area contributed by atoms with Gasteiger partial charge >= 0.3 is 6.09 Å². The molecule has 2 fully saturated rings. The van der Waals surface area contributed by atoms with Gasteiger partial charge < -0.3 is 19.5 Å². The third-order valence-electron chi connectivity index (χ3n) is 4.09. The predicted octanol–water partition coefficient (Wildman–Crippen LogP) is 0.663. The predicted molar refractivity (Wildman–Crippen MR) is 85.9 cm³/mol. The Morgan fingerprint density at radius 2 is 2.16 bits per heavy atom. The minimum Gasteiger partial charge on any atom is -0.488 e. The number of hydrogen-bond acceptors (Lipinski definition) is 6. The van der Waals surface area contributed by atoms with E-state index in [4.69, 9.17) is 19.5 Å². The summed E-state index contributed by atoms with van der Waals surface area (Å²) in [6.45, 7) is 1.57. The minimum absolute atomic E-state index is 0.0427. The fourth-order valence-electron chi connectivity index (χ4n) is 2.77. The Labute approximate surface area is 145 Å². The van der Waals surface area contributed by atoms with Crippen LogP contribution < -0.4 is 10.1 Å². The lowest BCUT2D eigenvalue weighted by Gasteiger charge is -2.32. The molecule has 2 aliphatic rings. The average molecular weight is 345 g/mol. The van der Waals surface area contributed by atoms with E-state index in [1.54, 1.807) is 24.3 Å². The summed E-state index contributed by atoms with van der Waals surface area (Å²) in [7, 11) is 0. The summed E-state index contributed by atoms with van der Waals surface area (Å²) in [5.41, 5.74) is 0.557. The largest absolute Gasteiger partial charge is 0.488 e. The van der Waals surface area contributed by atoms with Crippen molar-refractivity contribution in [2.75, 3.05) is 32.9 Å². The summed E-state index contributed by atoms with van der Waals surface area (Å²) in [5, 5.41) is 11.7. The van der Waals surface area contributed by atoms with Gasteiger partial charge in [0.2, 0.25) is 5.91 Å². The summed E-state index contributed by atoms with van der Waals surface area (Å²) in [4.78, 5) is 25.0. The SMILES string of the molecule is N#Cc1ccc(O[C@@H]2CCOC[C@H]2NC(=O)CN2CCOC2=O)cc1. The van der Waals surface area contributed by atoms with Crippen molar-refractivity contribution < 1.29 is 23.8 Å². The van der Waals surface area contributed by atoms with Crippen molar-refractivity contribution in [3.63, 3.8) is 0 Å². The maximum absolute atomic E-state index is 12.2. The number of carbonyl (C=O) groups is 2. The Bertz CT molecular complexity index is 670. The van der Waals surface area contributed by atoms with Gasteiger partial charge in [-0.25, -0.2) is 4.79 Å². The van der Waals surface area contributed by atoms with Crippen LogP contribution in [-0.4, -0.2) is 62.0 Å². The standard InChI is InChI=1S/C17H19N3O5/c18-9-12-1-3-13(4-2-12)25-15-5-7-23-11-14(15)19-16(21)10-20-6-8-24-17(20)22/h1-4,14-15H,5-8,10-11H2,(H,19,21)/t14-,15-/m1/s1. The van der Waals surface area contributed by atoms with Crippen LogP contribution in [0.1, 0.15) is 12.0 Å². The molecule has 0 spiro atoms. The quantitative estimate of drug-likeness (QED) is 0.841. The van der Waals surface area contributed by atoms with Gasteiger partial charge in [0.25, 0.3) is 0 Å². The van der Waals surface area contributed by atoms with Crippen molar-refractivity contribution in [2.24, 2.45) is 0 Å². The van der Waals surface area contributed by atoms with Crippen LogP contribution in [0.15, 0.2) is 24.3 Å². The van der Waals surface area contributed by atoms with Crippen LogP contribution >= 0.6 is 0 Å². The Morgan fingerprint density at radius 3 is 2.84 bits per heavy atom. The van der Waals surface area contributed by atoms with Gasteiger partial charge in [-0.3, -0.25) is 9.69 Å². The number of hydrogen-bond donors (Lipinski definition) is 1. The Kier molecular flexibility index (Phi) is 5.36. The average Bonchev–Trinajstić information content (AvgIpc) is 3.02. The molecule has 0 unspecified atom stereocenters. The van der Waals surface area contributed by atoms with Gasteiger partial charge in [-0.15, -0.1) is 0 Å². The fraction of sp³-hybridized carbons (Fsp3) is 0.471. The smallest absolute Gasteiger partial charge is 0.410 e. The number of nitriles is 1. The molecule has 1 aromatic rings. The van der Waals surface area contributed by atoms with Crippen molar-refractivity contribution in [3.8, 4) is 11.8 Å². The van der Waals surface area contributed by atoms with Gasteiger partial charge in [-0.05, 0) is 24.3 Å². The Hall–Kier alpha value is -2.79. The van der Waals surface area contributed by atoms with E-state index in [-0.39, 0.29) is 24.6 Å². The molecule has 0 radical (unpaired) electrons. The zero-order valence-electron chi connectivity index (χ0n) is 13.6. The number of ether oxygens (including phenoxy) is 3. The van der Waals surface area contributed by atoms with Crippen molar-refractivity contribution in [3.05, 3.63) is 29.8 Å². The molecule has 0 saturated carbocycles. The number of benzene rings is 1. The van der Waals surface area contributed by atoms with E-state index >= 15 is 0 Å². The normalized spacial score (nSPS) is 22.8. The fourth-order valence-corrected chi connectivity index (χ4v) is 2.77. The number of nitrogens with zero attached hydrogens (tertiary/aromatic N) is 2. The van der Waals surface area contributed by atoms with Crippen LogP contribution in [0.4, 0.5) is 4.79 Å². The molecule has 2 saturated heterocycles. The number of carbonyl (C=O) groups excluding carboxylic acids is 2. The Balaban J connectivity index is 1.57. The van der Waals surface area contributed by atoms with Gasteiger partial charge in [-0.1, -0.05) is 0 Å². The van der Waals surface area contributed by atoms with Crippen molar-refractivity contribution in [2.45, 2.75) is 18.6 Å². The maximum Gasteiger partial charge on any atom is 0.410 e. The summed E-state index contributed by atoms with van der Waals surface area (Å²) in [6, 6.07) is 8.57. The third-order valence-corrected chi connectivity index (χ3v) is 4.09. The zero-order valence-corrected chi connectivity index (χ0v) is 13.6. The first-order valence-electron chi connectivity index (χ1n) is 8.11. The van der Waals surface area contributed by atoms with E-state index in [0.29, 0.717) is 44.1 Å². The van der Waals surface area contributed by atoms with E-state index in [1.165, 1.54) is 4.90 Å². The highest BCUT2D eigenvalue weighted by Crippen LogP contribution is 2.19. The topological polar surface area (TPSA) is 101 Å². The minimum atomic E-state index is -0.472. The van der Waals surface area contributed by atoms with Crippen LogP contribution in [0.2, 0.25) is 0 Å². The maximum atomic E-state index is 12.2. The molecule has 0 aliphatic carbocycles. The summed E-state index contributed by atoms with van der Waals surface area (Å²) < 4.78 is 16.2. The van der Waals surface area contributed by atoms with Gasteiger partial charge in [0.1, 0.15) is 25.0 Å². The molecule has 0 aromatic heterocycles. The summed E-state index contributed by atoms with van der Waals surface area (Å²) >= 11 is 0. The van der Waals surface area contributed by atoms with Gasteiger partial charge in [0.15, 0.2) is 0 Å². The second kappa shape index (κ2) is 7.85. The number of cyclic esters (lactones) is 1. The van der Waals surface area contributed by atoms with E-state index in [2.05, 4.69) is 11.4 Å². The number of rotatable bonds is 5. The molecule has 0 bridgehead atoms. The van der Waals surface area contributed by atoms with Gasteiger partial charge in [0, 0.05) is 6.42 Å². The molecule has 2 heterocycles. The highest BCUT2D eigenvalue weighted by molar-refractivity contribution is 5.83. The first-order chi connectivity index (χ1) is 12.2. The molecular weight excluding hydrogens is 326 g/mol. The highest BCUT2D eigenvalue weighted by Gasteiger charge is 2.31. The van der Waals surface area contributed by atoms with E-state index in [0.717, 1.165) is 0 Å². The lowest BCUT2D eigenvalue weighted by Crippen LogP contribution is -2.53. The van der Waals surface area contributed by atoms with Crippen LogP contribution in [0.3, 0.4) is 0 Å². The number of amides is 2. The molecule has 1 N–H and O–H groups in total. The number of nitrogens with one attached hydrogen (secondary N) is 1. The Morgan fingerprint density at radius 1 is 1.36 bits per heavy atom. The van der Waals surface area contributed by atoms with Gasteiger partial charge in [-0.2, -0.15) is 5.26 Å². The molecule has 2 amide bonds.